The van der Waals surface area contributed by atoms with Gasteiger partial charge < -0.3 is 9.84 Å². The van der Waals surface area contributed by atoms with Crippen LogP contribution >= 0.6 is 0 Å². The normalized spacial score (nSPS) is 10.3. The first-order chi connectivity index (χ1) is 9.49. The van der Waals surface area contributed by atoms with Gasteiger partial charge in [0.2, 0.25) is 0 Å². The fourth-order valence-electron chi connectivity index (χ4n) is 2.00. The fourth-order valence-corrected chi connectivity index (χ4v) is 2.00. The molecule has 0 heterocycles. The summed E-state index contributed by atoms with van der Waals surface area (Å²) in [4.78, 5) is 10.9. The van der Waals surface area contributed by atoms with Gasteiger partial charge in [-0.1, -0.05) is 18.2 Å². The number of carboxylic acids is 1. The highest BCUT2D eigenvalue weighted by Crippen LogP contribution is 2.24. The summed E-state index contributed by atoms with van der Waals surface area (Å²) >= 11 is 0. The Hall–Kier alpha value is -2.36. The zero-order valence-electron chi connectivity index (χ0n) is 11.3. The third kappa shape index (κ3) is 2.96. The molecule has 0 unspecified atom stereocenters. The highest BCUT2D eigenvalue weighted by atomic mass is 19.1. The SMILES string of the molecule is Cc1cccc(C)c1OCc1cc(C(=O)O)ccc1F. The van der Waals surface area contributed by atoms with Crippen LogP contribution in [-0.2, 0) is 6.61 Å². The molecule has 20 heavy (non-hydrogen) atoms. The Bertz CT molecular complexity index is 630. The number of halogens is 1. The van der Waals surface area contributed by atoms with Crippen LogP contribution in [-0.4, -0.2) is 11.1 Å². The molecule has 2 aromatic carbocycles. The van der Waals surface area contributed by atoms with Gasteiger partial charge in [0.05, 0.1) is 5.56 Å². The maximum atomic E-state index is 13.7. The minimum absolute atomic E-state index is 0.00134. The van der Waals surface area contributed by atoms with Crippen LogP contribution in [0.15, 0.2) is 36.4 Å². The van der Waals surface area contributed by atoms with Crippen molar-refractivity contribution in [3.05, 3.63) is 64.5 Å². The molecule has 104 valence electrons. The van der Waals surface area contributed by atoms with Gasteiger partial charge in [0, 0.05) is 5.56 Å². The second-order valence-corrected chi connectivity index (χ2v) is 4.62. The van der Waals surface area contributed by atoms with E-state index in [1.165, 1.54) is 12.1 Å². The molecule has 0 atom stereocenters. The maximum absolute atomic E-state index is 13.7. The van der Waals surface area contributed by atoms with Gasteiger partial charge in [-0.3, -0.25) is 0 Å². The Morgan fingerprint density at radius 1 is 1.20 bits per heavy atom. The zero-order valence-corrected chi connectivity index (χ0v) is 11.3. The molecule has 0 radical (unpaired) electrons. The summed E-state index contributed by atoms with van der Waals surface area (Å²) in [6.07, 6.45) is 0. The van der Waals surface area contributed by atoms with Crippen LogP contribution in [0.4, 0.5) is 4.39 Å². The molecule has 0 aromatic heterocycles. The molecule has 2 aromatic rings. The van der Waals surface area contributed by atoms with Crippen LogP contribution in [0.3, 0.4) is 0 Å². The standard InChI is InChI=1S/C16H15FO3/c1-10-4-3-5-11(2)15(10)20-9-13-8-12(16(18)19)6-7-14(13)17/h3-8H,9H2,1-2H3,(H,18,19). The molecule has 1 N–H and O–H groups in total. The van der Waals surface area contributed by atoms with Gasteiger partial charge in [0.25, 0.3) is 0 Å². The summed E-state index contributed by atoms with van der Waals surface area (Å²) in [5.41, 5.74) is 2.19. The number of benzene rings is 2. The van der Waals surface area contributed by atoms with Gasteiger partial charge in [-0.15, -0.1) is 0 Å². The van der Waals surface area contributed by atoms with E-state index in [9.17, 15) is 9.18 Å². The van der Waals surface area contributed by atoms with E-state index in [1.807, 2.05) is 32.0 Å². The number of aromatic carboxylic acids is 1. The average Bonchev–Trinajstić information content (AvgIpc) is 2.39. The van der Waals surface area contributed by atoms with Gasteiger partial charge in [0.1, 0.15) is 18.2 Å². The number of hydrogen-bond acceptors (Lipinski definition) is 2. The Morgan fingerprint density at radius 2 is 1.85 bits per heavy atom. The van der Waals surface area contributed by atoms with Crippen molar-refractivity contribution in [3.63, 3.8) is 0 Å². The molecule has 0 aliphatic rings. The summed E-state index contributed by atoms with van der Waals surface area (Å²) in [6, 6.07) is 9.42. The second-order valence-electron chi connectivity index (χ2n) is 4.62. The van der Waals surface area contributed by atoms with Crippen molar-refractivity contribution in [1.82, 2.24) is 0 Å². The first kappa shape index (κ1) is 14.1. The molecular weight excluding hydrogens is 259 g/mol. The maximum Gasteiger partial charge on any atom is 0.335 e. The number of hydrogen-bond donors (Lipinski definition) is 1. The van der Waals surface area contributed by atoms with Gasteiger partial charge in [-0.05, 0) is 43.2 Å². The van der Waals surface area contributed by atoms with E-state index in [4.69, 9.17) is 9.84 Å². The van der Waals surface area contributed by atoms with Crippen LogP contribution in [0.1, 0.15) is 27.0 Å². The van der Waals surface area contributed by atoms with Crippen molar-refractivity contribution in [2.45, 2.75) is 20.5 Å². The van der Waals surface area contributed by atoms with Crippen molar-refractivity contribution in [3.8, 4) is 5.75 Å². The molecule has 0 fully saturated rings. The lowest BCUT2D eigenvalue weighted by atomic mass is 10.1. The van der Waals surface area contributed by atoms with Crippen LogP contribution in [0.25, 0.3) is 0 Å². The monoisotopic (exact) mass is 274 g/mol. The topological polar surface area (TPSA) is 46.5 Å². The number of ether oxygens (including phenoxy) is 1. The zero-order chi connectivity index (χ0) is 14.7. The lowest BCUT2D eigenvalue weighted by Crippen LogP contribution is -2.04. The lowest BCUT2D eigenvalue weighted by Gasteiger charge is -2.12. The Labute approximate surface area is 116 Å². The Balaban J connectivity index is 2.23. The molecule has 4 heteroatoms. The highest BCUT2D eigenvalue weighted by Gasteiger charge is 2.10. The van der Waals surface area contributed by atoms with Crippen molar-refractivity contribution in [2.24, 2.45) is 0 Å². The minimum Gasteiger partial charge on any atom is -0.488 e. The van der Waals surface area contributed by atoms with E-state index in [-0.39, 0.29) is 17.7 Å². The molecule has 0 spiro atoms. The summed E-state index contributed by atoms with van der Waals surface area (Å²) < 4.78 is 19.3. The Morgan fingerprint density at radius 3 is 2.45 bits per heavy atom. The van der Waals surface area contributed by atoms with Crippen molar-refractivity contribution in [2.75, 3.05) is 0 Å². The van der Waals surface area contributed by atoms with Gasteiger partial charge in [0.15, 0.2) is 0 Å². The van der Waals surface area contributed by atoms with Crippen LogP contribution in [0.5, 0.6) is 5.75 Å². The van der Waals surface area contributed by atoms with Crippen molar-refractivity contribution < 1.29 is 19.0 Å². The van der Waals surface area contributed by atoms with Crippen molar-refractivity contribution in [1.29, 1.82) is 0 Å². The van der Waals surface area contributed by atoms with Crippen LogP contribution < -0.4 is 4.74 Å². The Kier molecular flexibility index (Phi) is 4.03. The molecular formula is C16H15FO3. The minimum atomic E-state index is -1.08. The first-order valence-electron chi connectivity index (χ1n) is 6.20. The molecule has 2 rings (SSSR count). The quantitative estimate of drug-likeness (QED) is 0.924. The average molecular weight is 274 g/mol. The van der Waals surface area contributed by atoms with Crippen LogP contribution in [0.2, 0.25) is 0 Å². The molecule has 0 aliphatic carbocycles. The number of rotatable bonds is 4. The van der Waals surface area contributed by atoms with E-state index < -0.39 is 11.8 Å². The predicted octanol–water partition coefficient (Wildman–Crippen LogP) is 3.72. The molecule has 0 saturated carbocycles. The van der Waals surface area contributed by atoms with E-state index >= 15 is 0 Å². The van der Waals surface area contributed by atoms with Gasteiger partial charge in [-0.2, -0.15) is 0 Å². The van der Waals surface area contributed by atoms with Crippen LogP contribution in [0, 0.1) is 19.7 Å². The highest BCUT2D eigenvalue weighted by molar-refractivity contribution is 5.87. The molecule has 0 amide bonds. The van der Waals surface area contributed by atoms with Crippen molar-refractivity contribution >= 4 is 5.97 Å². The first-order valence-corrected chi connectivity index (χ1v) is 6.20. The fraction of sp³-hybridized carbons (Fsp3) is 0.188. The predicted molar refractivity (Wildman–Crippen MR) is 73.6 cm³/mol. The third-order valence-electron chi connectivity index (χ3n) is 3.07. The number of carbonyl (C=O) groups is 1. The number of aryl methyl sites for hydroxylation is 2. The van der Waals surface area contributed by atoms with E-state index in [2.05, 4.69) is 0 Å². The summed E-state index contributed by atoms with van der Waals surface area (Å²) in [6.45, 7) is 3.82. The molecule has 0 saturated heterocycles. The third-order valence-corrected chi connectivity index (χ3v) is 3.07. The summed E-state index contributed by atoms with van der Waals surface area (Å²) in [5.74, 6) is -0.854. The molecule has 0 bridgehead atoms. The summed E-state index contributed by atoms with van der Waals surface area (Å²) in [5, 5.41) is 8.91. The van der Waals surface area contributed by atoms with E-state index in [0.29, 0.717) is 5.75 Å². The second kappa shape index (κ2) is 5.74. The number of carboxylic acid groups (broad SMARTS) is 1. The number of para-hydroxylation sites is 1. The summed E-state index contributed by atoms with van der Waals surface area (Å²) in [7, 11) is 0. The van der Waals surface area contributed by atoms with E-state index in [0.717, 1.165) is 17.2 Å². The molecule has 0 aliphatic heterocycles. The van der Waals surface area contributed by atoms with Gasteiger partial charge in [-0.25, -0.2) is 9.18 Å². The molecule has 3 nitrogen and oxygen atoms in total. The lowest BCUT2D eigenvalue weighted by molar-refractivity contribution is 0.0696. The smallest absolute Gasteiger partial charge is 0.335 e. The van der Waals surface area contributed by atoms with E-state index in [1.54, 1.807) is 0 Å². The largest absolute Gasteiger partial charge is 0.488 e. The van der Waals surface area contributed by atoms with Gasteiger partial charge >= 0.3 is 5.97 Å².